The molecular formula is C11H11NS. The normalized spacial score (nSPS) is 10.3. The molecule has 1 heterocycles. The fraction of sp³-hybridized carbons (Fsp3) is 0.0909. The van der Waals surface area contributed by atoms with Crippen LogP contribution in [0.15, 0.2) is 47.6 Å². The lowest BCUT2D eigenvalue weighted by Gasteiger charge is -2.06. The summed E-state index contributed by atoms with van der Waals surface area (Å²) < 4.78 is 2.06. The molecule has 0 aliphatic heterocycles. The first-order chi connectivity index (χ1) is 6.27. The van der Waals surface area contributed by atoms with E-state index < -0.39 is 0 Å². The van der Waals surface area contributed by atoms with Gasteiger partial charge in [-0.05, 0) is 36.8 Å². The zero-order valence-corrected chi connectivity index (χ0v) is 8.33. The van der Waals surface area contributed by atoms with Crippen molar-refractivity contribution in [2.45, 2.75) is 11.8 Å². The molecule has 2 heteroatoms. The third-order valence-electron chi connectivity index (χ3n) is 2.01. The summed E-state index contributed by atoms with van der Waals surface area (Å²) in [6.07, 6.45) is 4.04. The molecule has 0 saturated carbocycles. The highest BCUT2D eigenvalue weighted by atomic mass is 32.1. The predicted octanol–water partition coefficient (Wildman–Crippen LogP) is 3.07. The molecule has 0 N–H and O–H groups in total. The van der Waals surface area contributed by atoms with E-state index in [2.05, 4.69) is 36.3 Å². The van der Waals surface area contributed by atoms with Crippen molar-refractivity contribution < 1.29 is 0 Å². The van der Waals surface area contributed by atoms with Gasteiger partial charge in [0.2, 0.25) is 0 Å². The van der Waals surface area contributed by atoms with E-state index in [1.807, 2.05) is 30.6 Å². The Hall–Kier alpha value is -1.15. The van der Waals surface area contributed by atoms with Crippen LogP contribution in [0.25, 0.3) is 5.69 Å². The number of aromatic nitrogens is 1. The van der Waals surface area contributed by atoms with Crippen LogP contribution in [-0.2, 0) is 0 Å². The van der Waals surface area contributed by atoms with E-state index in [4.69, 9.17) is 0 Å². The maximum absolute atomic E-state index is 4.41. The Morgan fingerprint density at radius 3 is 2.54 bits per heavy atom. The van der Waals surface area contributed by atoms with Gasteiger partial charge in [0, 0.05) is 17.3 Å². The lowest BCUT2D eigenvalue weighted by molar-refractivity contribution is 1.04. The molecule has 0 radical (unpaired) electrons. The molecule has 2 aromatic rings. The van der Waals surface area contributed by atoms with E-state index >= 15 is 0 Å². The number of aryl methyl sites for hydroxylation is 1. The van der Waals surface area contributed by atoms with Crippen molar-refractivity contribution in [3.05, 3.63) is 48.3 Å². The first-order valence-electron chi connectivity index (χ1n) is 4.20. The minimum atomic E-state index is 1.00. The predicted molar refractivity (Wildman–Crippen MR) is 57.8 cm³/mol. The molecule has 1 aromatic heterocycles. The molecule has 0 unspecified atom stereocenters. The molecule has 0 aliphatic carbocycles. The Morgan fingerprint density at radius 1 is 1.15 bits per heavy atom. The summed E-state index contributed by atoms with van der Waals surface area (Å²) in [5.41, 5.74) is 2.38. The molecular weight excluding hydrogens is 178 g/mol. The van der Waals surface area contributed by atoms with Gasteiger partial charge < -0.3 is 4.57 Å². The van der Waals surface area contributed by atoms with Crippen LogP contribution in [-0.4, -0.2) is 4.57 Å². The number of benzene rings is 1. The summed E-state index contributed by atoms with van der Waals surface area (Å²) in [6.45, 7) is 2.08. The van der Waals surface area contributed by atoms with Crippen LogP contribution in [0.1, 0.15) is 5.56 Å². The Labute approximate surface area is 83.4 Å². The van der Waals surface area contributed by atoms with E-state index in [0.29, 0.717) is 0 Å². The fourth-order valence-electron chi connectivity index (χ4n) is 1.34. The minimum Gasteiger partial charge on any atom is -0.323 e. The highest BCUT2D eigenvalue weighted by molar-refractivity contribution is 7.80. The Bertz CT molecular complexity index is 404. The molecule has 0 fully saturated rings. The maximum atomic E-state index is 4.41. The van der Waals surface area contributed by atoms with Gasteiger partial charge >= 0.3 is 0 Å². The van der Waals surface area contributed by atoms with Crippen molar-refractivity contribution in [1.82, 2.24) is 4.57 Å². The zero-order valence-electron chi connectivity index (χ0n) is 7.44. The second-order valence-corrected chi connectivity index (χ2v) is 3.56. The summed E-state index contributed by atoms with van der Waals surface area (Å²) in [4.78, 5) is 1.00. The molecule has 0 amide bonds. The first-order valence-corrected chi connectivity index (χ1v) is 4.65. The summed E-state index contributed by atoms with van der Waals surface area (Å²) in [5, 5.41) is 0. The molecule has 66 valence electrons. The van der Waals surface area contributed by atoms with Crippen LogP contribution in [0.4, 0.5) is 0 Å². The molecule has 1 aromatic carbocycles. The van der Waals surface area contributed by atoms with Gasteiger partial charge in [0.15, 0.2) is 0 Å². The van der Waals surface area contributed by atoms with Gasteiger partial charge in [0.1, 0.15) is 0 Å². The highest BCUT2D eigenvalue weighted by Crippen LogP contribution is 2.19. The molecule has 0 aliphatic rings. The molecule has 1 nitrogen and oxygen atoms in total. The standard InChI is InChI=1S/C11H11NS/c1-9-4-5-11(13)10(8-9)12-6-2-3-7-12/h2-8,13H,1H3. The van der Waals surface area contributed by atoms with Crippen molar-refractivity contribution in [2.24, 2.45) is 0 Å². The van der Waals surface area contributed by atoms with E-state index in [-0.39, 0.29) is 0 Å². The van der Waals surface area contributed by atoms with Crippen molar-refractivity contribution in [2.75, 3.05) is 0 Å². The van der Waals surface area contributed by atoms with Gasteiger partial charge in [-0.2, -0.15) is 0 Å². The summed E-state index contributed by atoms with van der Waals surface area (Å²) >= 11 is 4.41. The second kappa shape index (κ2) is 3.30. The second-order valence-electron chi connectivity index (χ2n) is 3.08. The van der Waals surface area contributed by atoms with Gasteiger partial charge in [0.05, 0.1) is 5.69 Å². The van der Waals surface area contributed by atoms with Crippen LogP contribution in [0.2, 0.25) is 0 Å². The average molecular weight is 189 g/mol. The fourth-order valence-corrected chi connectivity index (χ4v) is 1.59. The SMILES string of the molecule is Cc1ccc(S)c(-n2cccc2)c1. The van der Waals surface area contributed by atoms with Gasteiger partial charge in [-0.25, -0.2) is 0 Å². The molecule has 0 spiro atoms. The van der Waals surface area contributed by atoms with Crippen LogP contribution >= 0.6 is 12.6 Å². The van der Waals surface area contributed by atoms with Gasteiger partial charge in [-0.1, -0.05) is 6.07 Å². The highest BCUT2D eigenvalue weighted by Gasteiger charge is 1.99. The first kappa shape index (κ1) is 8.45. The summed E-state index contributed by atoms with van der Waals surface area (Å²) in [5.74, 6) is 0. The Morgan fingerprint density at radius 2 is 1.85 bits per heavy atom. The molecule has 0 atom stereocenters. The average Bonchev–Trinajstić information content (AvgIpc) is 2.61. The molecule has 0 bridgehead atoms. The minimum absolute atomic E-state index is 1.00. The van der Waals surface area contributed by atoms with Crippen LogP contribution in [0.3, 0.4) is 0 Å². The van der Waals surface area contributed by atoms with E-state index in [1.54, 1.807) is 0 Å². The lowest BCUT2D eigenvalue weighted by Crippen LogP contribution is -1.91. The molecule has 0 saturated heterocycles. The quantitative estimate of drug-likeness (QED) is 0.658. The van der Waals surface area contributed by atoms with Crippen molar-refractivity contribution in [3.8, 4) is 5.69 Å². The van der Waals surface area contributed by atoms with Gasteiger partial charge in [-0.15, -0.1) is 12.6 Å². The number of thiol groups is 1. The molecule has 13 heavy (non-hydrogen) atoms. The monoisotopic (exact) mass is 189 g/mol. The number of nitrogens with zero attached hydrogens (tertiary/aromatic N) is 1. The number of rotatable bonds is 1. The molecule has 2 rings (SSSR count). The maximum Gasteiger partial charge on any atom is 0.0585 e. The zero-order chi connectivity index (χ0) is 9.26. The van der Waals surface area contributed by atoms with E-state index in [0.717, 1.165) is 10.6 Å². The Kier molecular flexibility index (Phi) is 2.15. The third-order valence-corrected chi connectivity index (χ3v) is 2.39. The number of hydrogen-bond acceptors (Lipinski definition) is 1. The smallest absolute Gasteiger partial charge is 0.0585 e. The van der Waals surface area contributed by atoms with Crippen molar-refractivity contribution >= 4 is 12.6 Å². The van der Waals surface area contributed by atoms with Crippen molar-refractivity contribution in [3.63, 3.8) is 0 Å². The topological polar surface area (TPSA) is 4.93 Å². The van der Waals surface area contributed by atoms with Gasteiger partial charge in [0.25, 0.3) is 0 Å². The van der Waals surface area contributed by atoms with Gasteiger partial charge in [-0.3, -0.25) is 0 Å². The Balaban J connectivity index is 2.57. The largest absolute Gasteiger partial charge is 0.323 e. The number of hydrogen-bond donors (Lipinski definition) is 1. The van der Waals surface area contributed by atoms with Crippen LogP contribution in [0.5, 0.6) is 0 Å². The summed E-state index contributed by atoms with van der Waals surface area (Å²) in [7, 11) is 0. The van der Waals surface area contributed by atoms with E-state index in [9.17, 15) is 0 Å². The van der Waals surface area contributed by atoms with Crippen LogP contribution < -0.4 is 0 Å². The summed E-state index contributed by atoms with van der Waals surface area (Å²) in [6, 6.07) is 10.2. The van der Waals surface area contributed by atoms with Crippen molar-refractivity contribution in [1.29, 1.82) is 0 Å². The van der Waals surface area contributed by atoms with Crippen LogP contribution in [0, 0.1) is 6.92 Å². The lowest BCUT2D eigenvalue weighted by atomic mass is 10.2. The third kappa shape index (κ3) is 1.63. The van der Waals surface area contributed by atoms with E-state index in [1.165, 1.54) is 5.56 Å².